The van der Waals surface area contributed by atoms with Gasteiger partial charge in [0.2, 0.25) is 0 Å². The number of methoxy groups -OCH3 is 2. The van der Waals surface area contributed by atoms with E-state index < -0.39 is 0 Å². The van der Waals surface area contributed by atoms with Crippen molar-refractivity contribution in [1.29, 1.82) is 0 Å². The summed E-state index contributed by atoms with van der Waals surface area (Å²) in [5.74, 6) is 7.06. The van der Waals surface area contributed by atoms with E-state index in [4.69, 9.17) is 37.9 Å². The van der Waals surface area contributed by atoms with Crippen molar-refractivity contribution in [2.75, 3.05) is 14.2 Å². The summed E-state index contributed by atoms with van der Waals surface area (Å²) in [6.45, 7) is 92.0. The quantitative estimate of drug-likeness (QED) is 0.127. The van der Waals surface area contributed by atoms with Gasteiger partial charge in [0.25, 0.3) is 0 Å². The first kappa shape index (κ1) is 88.1. The molecular weight excluding hydrogens is 1260 g/mol. The molecule has 0 unspecified atom stereocenters. The number of para-hydroxylation sites is 2. The Morgan fingerprint density at radius 1 is 0.186 bits per heavy atom. The standard InChI is InChI=1S/C36H58O2.C30H46O4.C28H42O2/c1-31(2,3)23-19-25(29(37-35(13,14)15)27(21-23)33(7,8)9)26-20-24(32(4,5)6)22-28(34(10,11)12)30(26)38-36(16,17)18;1-27(2,3)23-17-19(31-13)15-21(25(23)33-29(7,8)9)22-16-20(32-14)18-24(28(4,5)6)26(22)34-30(10,11)12;1-25(2,3)21-17-13-15-19(23(21)29-27(7,8)9)20-16-14-18-22(26(4,5)6)24(20)30-28(10,11)12/h19-22H,1-18H3;15-18H,1-14H3;13-18H,1-12H3. The van der Waals surface area contributed by atoms with E-state index in [1.165, 1.54) is 33.4 Å². The predicted molar refractivity (Wildman–Crippen MR) is 441 cm³/mol. The average molecular weight is 1400 g/mol. The van der Waals surface area contributed by atoms with Gasteiger partial charge in [-0.15, -0.1) is 0 Å². The molecule has 0 aliphatic carbocycles. The number of ether oxygens (including phenoxy) is 8. The van der Waals surface area contributed by atoms with Crippen LogP contribution in [0.5, 0.6) is 46.0 Å². The lowest BCUT2D eigenvalue weighted by Gasteiger charge is -2.36. The zero-order valence-corrected chi connectivity index (χ0v) is 73.3. The van der Waals surface area contributed by atoms with Crippen LogP contribution in [0.3, 0.4) is 0 Å². The van der Waals surface area contributed by atoms with Crippen molar-refractivity contribution in [3.8, 4) is 79.4 Å². The second-order valence-electron chi connectivity index (χ2n) is 42.6. The third-order valence-corrected chi connectivity index (χ3v) is 16.7. The van der Waals surface area contributed by atoms with Crippen LogP contribution in [0.15, 0.2) is 84.9 Å². The molecule has 0 bridgehead atoms. The van der Waals surface area contributed by atoms with Crippen molar-refractivity contribution in [2.24, 2.45) is 0 Å². The first-order valence-corrected chi connectivity index (χ1v) is 37.5. The minimum atomic E-state index is -0.389. The monoisotopic (exact) mass is 1400 g/mol. The second kappa shape index (κ2) is 30.3. The Morgan fingerprint density at radius 3 is 0.549 bits per heavy atom. The third kappa shape index (κ3) is 24.9. The van der Waals surface area contributed by atoms with E-state index in [9.17, 15) is 0 Å². The van der Waals surface area contributed by atoms with E-state index >= 15 is 0 Å². The predicted octanol–water partition coefficient (Wildman–Crippen LogP) is 27.5. The number of hydrogen-bond donors (Lipinski definition) is 0. The normalized spacial score (nSPS) is 13.5. The summed E-state index contributed by atoms with van der Waals surface area (Å²) >= 11 is 0. The van der Waals surface area contributed by atoms with Gasteiger partial charge in [0.1, 0.15) is 79.6 Å². The molecular formula is C94H146O8. The SMILES string of the molecule is CC(C)(C)Oc1c(-c2cc(C(C)(C)C)cc(C(C)(C)C)c2OC(C)(C)C)cc(C(C)(C)C)cc1C(C)(C)C.CC(C)(C)Oc1c(-c2cccc(C(C)(C)C)c2OC(C)(C)C)cccc1C(C)(C)C.COc1cc(-c2cc(OC)cc(C(C)(C)C)c2OC(C)(C)C)c(OC(C)(C)C)c(C(C)(C)C)c1. The zero-order chi connectivity index (χ0) is 79.3. The van der Waals surface area contributed by atoms with E-state index in [0.717, 1.165) is 90.5 Å². The van der Waals surface area contributed by atoms with Crippen LogP contribution in [0.1, 0.15) is 335 Å². The summed E-state index contributed by atoms with van der Waals surface area (Å²) in [5, 5.41) is 0. The van der Waals surface area contributed by atoms with E-state index in [1.54, 1.807) is 14.2 Å². The van der Waals surface area contributed by atoms with E-state index in [-0.39, 0.29) is 76.9 Å². The van der Waals surface area contributed by atoms with E-state index in [0.29, 0.717) is 0 Å². The van der Waals surface area contributed by atoms with Crippen molar-refractivity contribution in [3.63, 3.8) is 0 Å². The van der Waals surface area contributed by atoms with Crippen LogP contribution in [0.4, 0.5) is 0 Å². The highest BCUT2D eigenvalue weighted by molar-refractivity contribution is 5.84. The third-order valence-electron chi connectivity index (χ3n) is 16.7. The van der Waals surface area contributed by atoms with Gasteiger partial charge >= 0.3 is 0 Å². The van der Waals surface area contributed by atoms with E-state index in [2.05, 4.69) is 364 Å². The molecule has 0 atom stereocenters. The maximum Gasteiger partial charge on any atom is 0.132 e. The zero-order valence-electron chi connectivity index (χ0n) is 73.3. The van der Waals surface area contributed by atoms with Crippen molar-refractivity contribution < 1.29 is 37.9 Å². The van der Waals surface area contributed by atoms with E-state index in [1.807, 2.05) is 12.1 Å². The molecule has 8 heteroatoms. The smallest absolute Gasteiger partial charge is 0.132 e. The summed E-state index contributed by atoms with van der Waals surface area (Å²) < 4.78 is 51.9. The van der Waals surface area contributed by atoms with Gasteiger partial charge in [-0.1, -0.05) is 215 Å². The highest BCUT2D eigenvalue weighted by atomic mass is 16.5. The molecule has 8 nitrogen and oxygen atoms in total. The lowest BCUT2D eigenvalue weighted by molar-refractivity contribution is 0.125. The molecule has 6 aromatic carbocycles. The van der Waals surface area contributed by atoms with Crippen molar-refractivity contribution >= 4 is 0 Å². The maximum atomic E-state index is 6.89. The van der Waals surface area contributed by atoms with Crippen molar-refractivity contribution in [3.05, 3.63) is 129 Å². The molecule has 0 saturated carbocycles. The van der Waals surface area contributed by atoms with Gasteiger partial charge < -0.3 is 37.9 Å². The highest BCUT2D eigenvalue weighted by Crippen LogP contribution is 2.54. The summed E-state index contributed by atoms with van der Waals surface area (Å²) in [7, 11) is 3.41. The first-order chi connectivity index (χ1) is 45.3. The van der Waals surface area contributed by atoms with Crippen LogP contribution in [-0.2, 0) is 43.3 Å². The Bertz CT molecular complexity index is 3570. The summed E-state index contributed by atoms with van der Waals surface area (Å²) in [6, 6.07) is 30.7. The van der Waals surface area contributed by atoms with Crippen LogP contribution < -0.4 is 37.9 Å². The van der Waals surface area contributed by atoms with Crippen LogP contribution in [0.25, 0.3) is 33.4 Å². The Hall–Kier alpha value is -6.28. The van der Waals surface area contributed by atoms with Gasteiger partial charge in [-0.2, -0.15) is 0 Å². The molecule has 0 saturated heterocycles. The van der Waals surface area contributed by atoms with Crippen LogP contribution in [-0.4, -0.2) is 47.8 Å². The van der Waals surface area contributed by atoms with Gasteiger partial charge in [0.05, 0.1) is 14.2 Å². The Labute approximate surface area is 625 Å². The summed E-state index contributed by atoms with van der Waals surface area (Å²) in [4.78, 5) is 0. The molecule has 0 aliphatic heterocycles. The minimum absolute atomic E-state index is 0.0193. The number of rotatable bonds is 11. The molecule has 6 aromatic rings. The fraction of sp³-hybridized carbons (Fsp3) is 0.617. The van der Waals surface area contributed by atoms with Crippen LogP contribution >= 0.6 is 0 Å². The van der Waals surface area contributed by atoms with Gasteiger partial charge in [-0.05, 0) is 215 Å². The topological polar surface area (TPSA) is 73.8 Å². The largest absolute Gasteiger partial charge is 0.497 e. The lowest BCUT2D eigenvalue weighted by atomic mass is 9.75. The maximum absolute atomic E-state index is 6.89. The molecule has 0 fully saturated rings. The number of hydrogen-bond acceptors (Lipinski definition) is 8. The molecule has 0 N–H and O–H groups in total. The van der Waals surface area contributed by atoms with Crippen LogP contribution in [0.2, 0.25) is 0 Å². The molecule has 0 aromatic heterocycles. The average Bonchev–Trinajstić information content (AvgIpc) is 0.752. The summed E-state index contributed by atoms with van der Waals surface area (Å²) in [6.07, 6.45) is 0. The van der Waals surface area contributed by atoms with Crippen molar-refractivity contribution in [1.82, 2.24) is 0 Å². The fourth-order valence-electron chi connectivity index (χ4n) is 11.8. The molecule has 0 radical (unpaired) electrons. The minimum Gasteiger partial charge on any atom is -0.497 e. The molecule has 6 rings (SSSR count). The summed E-state index contributed by atoms with van der Waals surface area (Å²) in [5.41, 5.74) is 13.2. The van der Waals surface area contributed by atoms with Gasteiger partial charge in [0, 0.05) is 66.8 Å². The molecule has 0 spiro atoms. The van der Waals surface area contributed by atoms with Gasteiger partial charge in [0.15, 0.2) is 0 Å². The Kier molecular flexibility index (Phi) is 26.2. The van der Waals surface area contributed by atoms with Crippen LogP contribution in [0, 0.1) is 0 Å². The lowest BCUT2D eigenvalue weighted by Crippen LogP contribution is -2.28. The molecule has 0 heterocycles. The number of benzene rings is 6. The molecule has 570 valence electrons. The molecule has 0 amide bonds. The fourth-order valence-corrected chi connectivity index (χ4v) is 11.8. The molecule has 0 aliphatic rings. The first-order valence-electron chi connectivity index (χ1n) is 37.5. The Morgan fingerprint density at radius 2 is 0.373 bits per heavy atom. The Balaban J connectivity index is 0.000000326. The van der Waals surface area contributed by atoms with Gasteiger partial charge in [-0.25, -0.2) is 0 Å². The van der Waals surface area contributed by atoms with Gasteiger partial charge in [-0.3, -0.25) is 0 Å². The highest BCUT2D eigenvalue weighted by Gasteiger charge is 2.37. The molecule has 102 heavy (non-hydrogen) atoms. The second-order valence-corrected chi connectivity index (χ2v) is 42.6. The van der Waals surface area contributed by atoms with Crippen molar-refractivity contribution in [2.45, 2.75) is 368 Å².